The molecule has 2 aromatic heterocycles. The van der Waals surface area contributed by atoms with Gasteiger partial charge in [0.05, 0.1) is 24.4 Å². The number of anilines is 1. The Morgan fingerprint density at radius 3 is 2.69 bits per heavy atom. The molecule has 2 atom stereocenters. The van der Waals surface area contributed by atoms with Gasteiger partial charge in [0, 0.05) is 23.5 Å². The van der Waals surface area contributed by atoms with Crippen LogP contribution in [-0.2, 0) is 0 Å². The first kappa shape index (κ1) is 22.6. The summed E-state index contributed by atoms with van der Waals surface area (Å²) in [6.07, 6.45) is 1.76. The SMILES string of the molecule is COc1cccc(N2C(=S)N[C@@H](c3ccccn3)[C@@H]2c2ccc(-c3ccc(C(=O)O)cc3C)o2)c1. The van der Waals surface area contributed by atoms with E-state index in [2.05, 4.69) is 10.3 Å². The van der Waals surface area contributed by atoms with Gasteiger partial charge >= 0.3 is 5.97 Å². The molecule has 0 radical (unpaired) electrons. The van der Waals surface area contributed by atoms with Crippen LogP contribution in [0.3, 0.4) is 0 Å². The van der Waals surface area contributed by atoms with Crippen LogP contribution in [-0.4, -0.2) is 28.3 Å². The van der Waals surface area contributed by atoms with Crippen molar-refractivity contribution >= 4 is 29.0 Å². The fourth-order valence-electron chi connectivity index (χ4n) is 4.41. The van der Waals surface area contributed by atoms with E-state index in [1.165, 1.54) is 0 Å². The van der Waals surface area contributed by atoms with Crippen molar-refractivity contribution in [2.75, 3.05) is 12.0 Å². The smallest absolute Gasteiger partial charge is 0.335 e. The van der Waals surface area contributed by atoms with Gasteiger partial charge in [0.15, 0.2) is 5.11 Å². The van der Waals surface area contributed by atoms with Crippen molar-refractivity contribution in [1.29, 1.82) is 0 Å². The van der Waals surface area contributed by atoms with Crippen molar-refractivity contribution < 1.29 is 19.1 Å². The lowest BCUT2D eigenvalue weighted by molar-refractivity contribution is 0.0696. The van der Waals surface area contributed by atoms with E-state index in [1.807, 2.05) is 66.4 Å². The normalized spacial score (nSPS) is 17.3. The summed E-state index contributed by atoms with van der Waals surface area (Å²) in [5.74, 6) is 1.11. The molecule has 8 heteroatoms. The number of nitrogens with one attached hydrogen (secondary N) is 1. The van der Waals surface area contributed by atoms with Crippen LogP contribution in [0, 0.1) is 6.92 Å². The fourth-order valence-corrected chi connectivity index (χ4v) is 4.76. The van der Waals surface area contributed by atoms with Crippen molar-refractivity contribution in [3.05, 3.63) is 102 Å². The summed E-state index contributed by atoms with van der Waals surface area (Å²) in [4.78, 5) is 17.9. The minimum Gasteiger partial charge on any atom is -0.497 e. The molecule has 0 unspecified atom stereocenters. The minimum absolute atomic E-state index is 0.239. The van der Waals surface area contributed by atoms with Crippen molar-refractivity contribution in [3.8, 4) is 17.1 Å². The van der Waals surface area contributed by atoms with E-state index in [1.54, 1.807) is 31.5 Å². The van der Waals surface area contributed by atoms with Gasteiger partial charge in [0.1, 0.15) is 23.3 Å². The number of methoxy groups -OCH3 is 1. The number of carboxylic acid groups (broad SMARTS) is 1. The van der Waals surface area contributed by atoms with Gasteiger partial charge in [-0.3, -0.25) is 4.98 Å². The van der Waals surface area contributed by atoms with E-state index < -0.39 is 5.97 Å². The van der Waals surface area contributed by atoms with Crippen LogP contribution in [0.15, 0.2) is 83.4 Å². The molecule has 1 fully saturated rings. The first-order chi connectivity index (χ1) is 17.0. The summed E-state index contributed by atoms with van der Waals surface area (Å²) >= 11 is 5.76. The molecule has 0 aliphatic carbocycles. The molecule has 0 spiro atoms. The van der Waals surface area contributed by atoms with Gasteiger partial charge in [0.2, 0.25) is 0 Å². The molecule has 4 aromatic rings. The Bertz CT molecular complexity index is 1400. The van der Waals surface area contributed by atoms with E-state index in [4.69, 9.17) is 21.4 Å². The largest absolute Gasteiger partial charge is 0.497 e. The maximum absolute atomic E-state index is 11.3. The molecule has 0 saturated carbocycles. The molecule has 2 N–H and O–H groups in total. The van der Waals surface area contributed by atoms with Crippen LogP contribution >= 0.6 is 12.2 Å². The number of nitrogens with zero attached hydrogens (tertiary/aromatic N) is 2. The molecule has 3 heterocycles. The van der Waals surface area contributed by atoms with Crippen molar-refractivity contribution in [1.82, 2.24) is 10.3 Å². The Morgan fingerprint density at radius 1 is 1.11 bits per heavy atom. The molecule has 0 bridgehead atoms. The average molecular weight is 486 g/mol. The molecular weight excluding hydrogens is 462 g/mol. The second-order valence-electron chi connectivity index (χ2n) is 8.23. The maximum Gasteiger partial charge on any atom is 0.335 e. The molecule has 1 aliphatic rings. The van der Waals surface area contributed by atoms with Gasteiger partial charge in [-0.25, -0.2) is 4.79 Å². The van der Waals surface area contributed by atoms with Crippen LogP contribution in [0.1, 0.15) is 39.5 Å². The second kappa shape index (κ2) is 9.23. The topological polar surface area (TPSA) is 87.8 Å². The van der Waals surface area contributed by atoms with E-state index in [-0.39, 0.29) is 17.6 Å². The zero-order valence-corrected chi connectivity index (χ0v) is 20.0. The molecule has 176 valence electrons. The predicted octanol–water partition coefficient (Wildman–Crippen LogP) is 5.53. The summed E-state index contributed by atoms with van der Waals surface area (Å²) in [6, 6.07) is 21.8. The number of carbonyl (C=O) groups is 1. The van der Waals surface area contributed by atoms with Crippen LogP contribution in [0.4, 0.5) is 5.69 Å². The number of rotatable bonds is 6. The zero-order valence-electron chi connectivity index (χ0n) is 19.1. The lowest BCUT2D eigenvalue weighted by atomic mass is 10.0. The third-order valence-electron chi connectivity index (χ3n) is 6.09. The summed E-state index contributed by atoms with van der Waals surface area (Å²) in [7, 11) is 1.63. The van der Waals surface area contributed by atoms with E-state index in [9.17, 15) is 9.90 Å². The Labute approximate surface area is 208 Å². The van der Waals surface area contributed by atoms with Crippen LogP contribution in [0.2, 0.25) is 0 Å². The molecular formula is C27H23N3O4S. The maximum atomic E-state index is 11.3. The second-order valence-corrected chi connectivity index (χ2v) is 8.62. The molecule has 7 nitrogen and oxygen atoms in total. The Balaban J connectivity index is 1.59. The van der Waals surface area contributed by atoms with Gasteiger partial charge in [-0.05, 0) is 73.2 Å². The van der Waals surface area contributed by atoms with Crippen LogP contribution < -0.4 is 15.0 Å². The number of hydrogen-bond acceptors (Lipinski definition) is 5. The van der Waals surface area contributed by atoms with E-state index in [0.29, 0.717) is 16.6 Å². The molecule has 35 heavy (non-hydrogen) atoms. The number of pyridine rings is 1. The number of aromatic nitrogens is 1. The first-order valence-electron chi connectivity index (χ1n) is 11.0. The predicted molar refractivity (Wildman–Crippen MR) is 137 cm³/mol. The van der Waals surface area contributed by atoms with Crippen molar-refractivity contribution in [2.45, 2.75) is 19.0 Å². The Hall–Kier alpha value is -4.17. The first-order valence-corrected chi connectivity index (χ1v) is 11.5. The number of thiocarbonyl (C=S) groups is 1. The third kappa shape index (κ3) is 4.24. The Morgan fingerprint density at radius 2 is 1.97 bits per heavy atom. The highest BCUT2D eigenvalue weighted by atomic mass is 32.1. The lowest BCUT2D eigenvalue weighted by Crippen LogP contribution is -2.29. The lowest BCUT2D eigenvalue weighted by Gasteiger charge is -2.26. The van der Waals surface area contributed by atoms with E-state index >= 15 is 0 Å². The number of ether oxygens (including phenoxy) is 1. The van der Waals surface area contributed by atoms with Crippen LogP contribution in [0.25, 0.3) is 11.3 Å². The number of hydrogen-bond donors (Lipinski definition) is 2. The number of carboxylic acids is 1. The summed E-state index contributed by atoms with van der Waals surface area (Å²) in [6.45, 7) is 1.87. The van der Waals surface area contributed by atoms with Crippen molar-refractivity contribution in [2.24, 2.45) is 0 Å². The summed E-state index contributed by atoms with van der Waals surface area (Å²) in [5, 5.41) is 13.3. The number of benzene rings is 2. The standard InChI is InChI=1S/C27H23N3O4S/c1-16-14-17(26(31)32)9-10-20(16)22-11-12-23(34-22)25-24(21-8-3-4-13-28-21)29-27(35)30(25)18-6-5-7-19(15-18)33-2/h3-15,24-25H,1-2H3,(H,29,35)(H,31,32)/t24-,25-/m0/s1. The van der Waals surface area contributed by atoms with Gasteiger partial charge in [0.25, 0.3) is 0 Å². The average Bonchev–Trinajstić information content (AvgIpc) is 3.49. The fraction of sp³-hybridized carbons (Fsp3) is 0.148. The number of aryl methyl sites for hydroxylation is 1. The summed E-state index contributed by atoms with van der Waals surface area (Å²) in [5.41, 5.74) is 3.59. The highest BCUT2D eigenvalue weighted by Gasteiger charge is 2.42. The molecule has 1 aliphatic heterocycles. The van der Waals surface area contributed by atoms with Gasteiger partial charge in [-0.2, -0.15) is 0 Å². The Kier molecular flexibility index (Phi) is 5.96. The van der Waals surface area contributed by atoms with Gasteiger partial charge < -0.3 is 24.5 Å². The minimum atomic E-state index is -0.961. The van der Waals surface area contributed by atoms with Crippen LogP contribution in [0.5, 0.6) is 5.75 Å². The monoisotopic (exact) mass is 485 g/mol. The van der Waals surface area contributed by atoms with Crippen molar-refractivity contribution in [3.63, 3.8) is 0 Å². The zero-order chi connectivity index (χ0) is 24.5. The number of aromatic carboxylic acids is 1. The molecule has 5 rings (SSSR count). The van der Waals surface area contributed by atoms with Gasteiger partial charge in [-0.1, -0.05) is 18.2 Å². The van der Waals surface area contributed by atoms with Gasteiger partial charge in [-0.15, -0.1) is 0 Å². The molecule has 0 amide bonds. The third-order valence-corrected chi connectivity index (χ3v) is 6.40. The quantitative estimate of drug-likeness (QED) is 0.345. The number of furan rings is 1. The highest BCUT2D eigenvalue weighted by molar-refractivity contribution is 7.80. The highest BCUT2D eigenvalue weighted by Crippen LogP contribution is 2.43. The summed E-state index contributed by atoms with van der Waals surface area (Å²) < 4.78 is 11.8. The molecule has 2 aromatic carbocycles. The molecule has 1 saturated heterocycles. The van der Waals surface area contributed by atoms with E-state index in [0.717, 1.165) is 28.3 Å².